The molecule has 0 aliphatic rings. The minimum absolute atomic E-state index is 0.0164. The van der Waals surface area contributed by atoms with E-state index in [1.807, 2.05) is 41.5 Å². The molecule has 0 saturated heterocycles. The summed E-state index contributed by atoms with van der Waals surface area (Å²) >= 11 is 0. The van der Waals surface area contributed by atoms with Gasteiger partial charge in [-0.3, -0.25) is 15.2 Å². The third-order valence-electron chi connectivity index (χ3n) is 8.03. The Morgan fingerprint density at radius 1 is 0.717 bits per heavy atom. The number of azo groups is 2. The van der Waals surface area contributed by atoms with Crippen LogP contribution in [0.2, 0.25) is 0 Å². The monoisotopic (exact) mass is 715 g/mol. The molecule has 7 aromatic heterocycles. The molecule has 0 radical (unpaired) electrons. The number of hydrogen-bond donors (Lipinski definition) is 3. The van der Waals surface area contributed by atoms with Gasteiger partial charge in [0.25, 0.3) is 11.6 Å². The molecular weight excluding hydrogens is 682 g/mol. The third-order valence-corrected chi connectivity index (χ3v) is 8.03. The summed E-state index contributed by atoms with van der Waals surface area (Å²) in [6, 6.07) is 2.11. The molecule has 53 heavy (non-hydrogen) atoms. The Balaban J connectivity index is 1.37. The molecule has 268 valence electrons. The molecule has 0 aromatic carbocycles. The van der Waals surface area contributed by atoms with Crippen LogP contribution in [0.4, 0.5) is 28.7 Å². The highest BCUT2D eigenvalue weighted by Gasteiger charge is 2.28. The maximum absolute atomic E-state index is 13.1. The zero-order valence-electron chi connectivity index (χ0n) is 30.5. The van der Waals surface area contributed by atoms with Crippen molar-refractivity contribution in [3.8, 4) is 18.0 Å². The van der Waals surface area contributed by atoms with Crippen LogP contribution < -0.4 is 5.69 Å². The molecule has 7 aromatic rings. The molecule has 7 heterocycles. The van der Waals surface area contributed by atoms with Gasteiger partial charge >= 0.3 is 5.69 Å². The number of aromatic amines is 3. The van der Waals surface area contributed by atoms with Gasteiger partial charge in [0, 0.05) is 10.8 Å². The van der Waals surface area contributed by atoms with Crippen molar-refractivity contribution >= 4 is 40.0 Å². The average Bonchev–Trinajstić information content (AvgIpc) is 3.89. The van der Waals surface area contributed by atoms with E-state index in [0.29, 0.717) is 51.4 Å². The second-order valence-corrected chi connectivity index (χ2v) is 14.2. The molecule has 3 N–H and O–H groups in total. The van der Waals surface area contributed by atoms with Crippen molar-refractivity contribution in [2.24, 2.45) is 20.5 Å². The van der Waals surface area contributed by atoms with E-state index in [2.05, 4.69) is 86.9 Å². The fourth-order valence-corrected chi connectivity index (χ4v) is 5.57. The van der Waals surface area contributed by atoms with Crippen molar-refractivity contribution in [1.82, 2.24) is 74.1 Å². The number of nitrogens with zero attached hydrogens (tertiary/aromatic N) is 18. The Hall–Kier alpha value is -7.23. The van der Waals surface area contributed by atoms with E-state index >= 15 is 0 Å². The van der Waals surface area contributed by atoms with E-state index in [4.69, 9.17) is 6.57 Å². The predicted molar refractivity (Wildman–Crippen MR) is 187 cm³/mol. The van der Waals surface area contributed by atoms with E-state index in [0.717, 1.165) is 4.68 Å². The van der Waals surface area contributed by atoms with Gasteiger partial charge in [-0.05, 0) is 27.7 Å². The van der Waals surface area contributed by atoms with Crippen LogP contribution in [0.15, 0.2) is 25.3 Å². The van der Waals surface area contributed by atoms with Gasteiger partial charge in [-0.1, -0.05) is 41.5 Å². The Morgan fingerprint density at radius 3 is 1.75 bits per heavy atom. The highest BCUT2D eigenvalue weighted by Crippen LogP contribution is 2.39. The lowest BCUT2D eigenvalue weighted by molar-refractivity contribution is 0.556. The van der Waals surface area contributed by atoms with Gasteiger partial charge in [0.1, 0.15) is 23.3 Å². The molecule has 0 bridgehead atoms. The largest absolute Gasteiger partial charge is 0.351 e. The number of hydrogen-bond acceptors (Lipinski definition) is 14. The van der Waals surface area contributed by atoms with Crippen molar-refractivity contribution in [3.05, 3.63) is 61.9 Å². The maximum Gasteiger partial charge on any atom is 0.351 e. The quantitative estimate of drug-likeness (QED) is 0.146. The second kappa shape index (κ2) is 11.9. The Morgan fingerprint density at radius 2 is 1.25 bits per heavy atom. The van der Waals surface area contributed by atoms with E-state index in [1.165, 1.54) is 13.9 Å². The van der Waals surface area contributed by atoms with Crippen LogP contribution in [-0.2, 0) is 10.8 Å². The summed E-state index contributed by atoms with van der Waals surface area (Å²) in [5.41, 5.74) is 2.22. The number of fused-ring (bicyclic) bond motifs is 2. The number of aryl methyl sites for hydroxylation is 4. The third kappa shape index (κ3) is 5.81. The normalized spacial score (nSPS) is 12.6. The Labute approximate surface area is 299 Å². The molecule has 0 aliphatic heterocycles. The van der Waals surface area contributed by atoms with Crippen molar-refractivity contribution in [2.45, 2.75) is 80.1 Å². The zero-order chi connectivity index (χ0) is 38.1. The molecule has 22 nitrogen and oxygen atoms in total. The van der Waals surface area contributed by atoms with Crippen LogP contribution in [-0.4, -0.2) is 74.1 Å². The maximum atomic E-state index is 13.1. The summed E-state index contributed by atoms with van der Waals surface area (Å²) < 4.78 is 5.34. The summed E-state index contributed by atoms with van der Waals surface area (Å²) in [5.74, 6) is 0.588. The van der Waals surface area contributed by atoms with Crippen LogP contribution in [0, 0.1) is 45.6 Å². The minimum Gasteiger partial charge on any atom is -0.277 e. The molecule has 0 aliphatic carbocycles. The molecule has 0 atom stereocenters. The van der Waals surface area contributed by atoms with Gasteiger partial charge in [-0.15, -0.1) is 30.7 Å². The summed E-state index contributed by atoms with van der Waals surface area (Å²) in [6.45, 7) is 26.6. The van der Waals surface area contributed by atoms with E-state index in [9.17, 15) is 10.1 Å². The molecular formula is C31H33N21O. The number of nitrogens with one attached hydrogen (secondary N) is 3. The number of rotatable bonds is 6. The highest BCUT2D eigenvalue weighted by molar-refractivity contribution is 5.70. The molecule has 0 unspecified atom stereocenters. The first kappa shape index (κ1) is 34.2. The van der Waals surface area contributed by atoms with E-state index in [-0.39, 0.29) is 40.5 Å². The van der Waals surface area contributed by atoms with Gasteiger partial charge in [-0.25, -0.2) is 19.6 Å². The van der Waals surface area contributed by atoms with Gasteiger partial charge in [0.2, 0.25) is 17.2 Å². The molecule has 22 heteroatoms. The summed E-state index contributed by atoms with van der Waals surface area (Å²) in [4.78, 5) is 36.9. The average molecular weight is 716 g/mol. The van der Waals surface area contributed by atoms with Crippen LogP contribution in [0.1, 0.15) is 81.5 Å². The lowest BCUT2D eigenvalue weighted by atomic mass is 9.91. The van der Waals surface area contributed by atoms with Crippen LogP contribution in [0.25, 0.3) is 28.0 Å². The van der Waals surface area contributed by atoms with Gasteiger partial charge in [0.15, 0.2) is 23.0 Å². The van der Waals surface area contributed by atoms with Crippen molar-refractivity contribution in [2.75, 3.05) is 0 Å². The van der Waals surface area contributed by atoms with Crippen molar-refractivity contribution < 1.29 is 0 Å². The molecule has 7 rings (SSSR count). The van der Waals surface area contributed by atoms with E-state index in [1.54, 1.807) is 27.7 Å². The second-order valence-electron chi connectivity index (χ2n) is 14.2. The van der Waals surface area contributed by atoms with Crippen LogP contribution in [0.5, 0.6) is 0 Å². The van der Waals surface area contributed by atoms with Crippen molar-refractivity contribution in [3.63, 3.8) is 0 Å². The van der Waals surface area contributed by atoms with Crippen molar-refractivity contribution in [1.29, 1.82) is 5.26 Å². The predicted octanol–water partition coefficient (Wildman–Crippen LogP) is 5.36. The number of aromatic nitrogens is 15. The molecule has 0 spiro atoms. The highest BCUT2D eigenvalue weighted by atomic mass is 16.1. The minimum atomic E-state index is -0.831. The standard InChI is InChI=1S/C31H33N21O/c1-13-17(12-32)23(41-39-19-21(30(5,6)7)47-51-24(19)34-15(3)45-51)49(43-13)27-36-28(38-29(53)37-27)50-26(18(33-11)14(2)44-50)42-40-20-22(31(8,9)10)48-52-25(20)35-16(4)46-52/h47-48H,1-10H3,(H,36,37,38,53). The first-order valence-electron chi connectivity index (χ1n) is 16.2. The fraction of sp³-hybridized carbons (Fsp3) is 0.387. The van der Waals surface area contributed by atoms with Crippen LogP contribution >= 0.6 is 0 Å². The van der Waals surface area contributed by atoms with Gasteiger partial charge in [0.05, 0.1) is 29.3 Å². The zero-order valence-corrected chi connectivity index (χ0v) is 30.5. The first-order valence-corrected chi connectivity index (χ1v) is 16.2. The summed E-state index contributed by atoms with van der Waals surface area (Å²) in [5, 5.41) is 52.1. The SMILES string of the molecule is [C-]#[N+]c1c(C)nn(-c2nc(-n3nc(C)c(C#N)c3N=Nc3c(C(C)(C)C)[nH]n4nc(C)nc34)nc(=O)[nH]2)c1N=Nc1c(C(C)(C)C)[nH]n2nc(C)nc12. The number of H-pyrrole nitrogens is 3. The first-order chi connectivity index (χ1) is 25.0. The van der Waals surface area contributed by atoms with Gasteiger partial charge in [-0.2, -0.15) is 44.1 Å². The Bertz CT molecular complexity index is 2610. The Kier molecular flexibility index (Phi) is 7.71. The molecule has 0 saturated carbocycles. The smallest absolute Gasteiger partial charge is 0.277 e. The fourth-order valence-electron chi connectivity index (χ4n) is 5.57. The lowest BCUT2D eigenvalue weighted by Gasteiger charge is -2.16. The molecule has 0 fully saturated rings. The van der Waals surface area contributed by atoms with Crippen LogP contribution in [0.3, 0.4) is 0 Å². The molecule has 0 amide bonds. The number of nitriles is 1. The van der Waals surface area contributed by atoms with Gasteiger partial charge < -0.3 is 0 Å². The summed E-state index contributed by atoms with van der Waals surface area (Å²) in [7, 11) is 0. The lowest BCUT2D eigenvalue weighted by Crippen LogP contribution is -2.21. The van der Waals surface area contributed by atoms with E-state index < -0.39 is 16.5 Å². The topological polar surface area (TPSA) is 264 Å². The summed E-state index contributed by atoms with van der Waals surface area (Å²) in [6.07, 6.45) is 0.